The Morgan fingerprint density at radius 3 is 2.45 bits per heavy atom. The van der Waals surface area contributed by atoms with Crippen LogP contribution in [0.4, 0.5) is 5.82 Å². The number of nitrogens with zero attached hydrogens (tertiary/aromatic N) is 2. The van der Waals surface area contributed by atoms with Gasteiger partial charge >= 0.3 is 0 Å². The first-order valence-electron chi connectivity index (χ1n) is 5.83. The molecule has 2 aromatic rings. The van der Waals surface area contributed by atoms with Gasteiger partial charge in [0.1, 0.15) is 11.9 Å². The molecular weight excluding hydrogens is 402 g/mol. The summed E-state index contributed by atoms with van der Waals surface area (Å²) in [5.74, 6) is 0.487. The Labute approximate surface area is 139 Å². The quantitative estimate of drug-likeness (QED) is 0.718. The van der Waals surface area contributed by atoms with E-state index in [-0.39, 0.29) is 0 Å². The van der Waals surface area contributed by atoms with Gasteiger partial charge < -0.3 is 5.73 Å². The largest absolute Gasteiger partial charge is 0.384 e. The summed E-state index contributed by atoms with van der Waals surface area (Å²) < 4.78 is 3.87. The molecule has 0 fully saturated rings. The lowest BCUT2D eigenvalue weighted by Gasteiger charge is -2.16. The highest BCUT2D eigenvalue weighted by atomic mass is 79.9. The summed E-state index contributed by atoms with van der Waals surface area (Å²) in [5.41, 5.74) is 9.60. The summed E-state index contributed by atoms with van der Waals surface area (Å²) in [4.78, 5) is 1.08. The minimum absolute atomic E-state index is 0.487. The first kappa shape index (κ1) is 15.5. The van der Waals surface area contributed by atoms with Crippen molar-refractivity contribution in [2.75, 3.05) is 12.0 Å². The molecule has 1 aromatic carbocycles. The first-order valence-corrected chi connectivity index (χ1v) is 8.64. The van der Waals surface area contributed by atoms with Crippen LogP contribution < -0.4 is 5.73 Å². The maximum absolute atomic E-state index is 9.26. The van der Waals surface area contributed by atoms with Crippen LogP contribution in [0.25, 0.3) is 5.69 Å². The molecule has 1 heterocycles. The van der Waals surface area contributed by atoms with Crippen molar-refractivity contribution in [3.8, 4) is 11.8 Å². The second-order valence-electron chi connectivity index (χ2n) is 4.36. The lowest BCUT2D eigenvalue weighted by molar-refractivity contribution is 0.980. The fraction of sp³-hybridized carbons (Fsp3) is 0.214. The van der Waals surface area contributed by atoms with Crippen molar-refractivity contribution in [3.63, 3.8) is 0 Å². The molecule has 1 aromatic heterocycles. The molecule has 6 heteroatoms. The van der Waals surface area contributed by atoms with Crippen molar-refractivity contribution in [2.45, 2.75) is 18.7 Å². The summed E-state index contributed by atoms with van der Waals surface area (Å²) in [7, 11) is 0. The molecule has 0 atom stereocenters. The second-order valence-corrected chi connectivity index (χ2v) is 6.97. The van der Waals surface area contributed by atoms with Crippen molar-refractivity contribution in [2.24, 2.45) is 0 Å². The molecule has 0 aliphatic heterocycles. The third kappa shape index (κ3) is 2.39. The topological polar surface area (TPSA) is 54.7 Å². The normalized spacial score (nSPS) is 10.6. The Morgan fingerprint density at radius 2 is 1.95 bits per heavy atom. The molecule has 2 rings (SSSR count). The molecule has 0 amide bonds. The number of nitrogen functional groups attached to an aromatic ring is 1. The number of halogens is 2. The van der Waals surface area contributed by atoms with Crippen molar-refractivity contribution in [3.05, 3.63) is 37.9 Å². The number of anilines is 1. The van der Waals surface area contributed by atoms with Crippen molar-refractivity contribution in [1.82, 2.24) is 4.57 Å². The SMILES string of the molecule is CSc1cc(Br)cc(Br)c1-n1c(C)c(C)c(C#N)c1N. The number of aromatic nitrogens is 1. The summed E-state index contributed by atoms with van der Waals surface area (Å²) in [6.07, 6.45) is 2.02. The molecular formula is C14H13Br2N3S. The molecule has 0 spiro atoms. The van der Waals surface area contributed by atoms with Crippen LogP contribution >= 0.6 is 43.6 Å². The van der Waals surface area contributed by atoms with Gasteiger partial charge in [-0.15, -0.1) is 11.8 Å². The summed E-state index contributed by atoms with van der Waals surface area (Å²) >= 11 is 8.73. The van der Waals surface area contributed by atoms with Gasteiger partial charge in [-0.05, 0) is 53.7 Å². The van der Waals surface area contributed by atoms with Crippen molar-refractivity contribution < 1.29 is 0 Å². The monoisotopic (exact) mass is 413 g/mol. The Hall–Kier alpha value is -0.900. The molecule has 20 heavy (non-hydrogen) atoms. The molecule has 2 N–H and O–H groups in total. The van der Waals surface area contributed by atoms with Gasteiger partial charge in [-0.25, -0.2) is 0 Å². The molecule has 0 saturated heterocycles. The Balaban J connectivity index is 2.86. The lowest BCUT2D eigenvalue weighted by atomic mass is 10.2. The third-order valence-corrected chi connectivity index (χ3v) is 5.11. The van der Waals surface area contributed by atoms with E-state index in [2.05, 4.69) is 37.9 Å². The zero-order chi connectivity index (χ0) is 15.0. The van der Waals surface area contributed by atoms with E-state index in [1.165, 1.54) is 0 Å². The first-order chi connectivity index (χ1) is 9.42. The van der Waals surface area contributed by atoms with Crippen LogP contribution in [-0.2, 0) is 0 Å². The van der Waals surface area contributed by atoms with Gasteiger partial charge in [0.05, 0.1) is 11.3 Å². The standard InChI is InChI=1S/C14H13Br2N3S/c1-7-8(2)19(14(18)10(7)6-17)13-11(16)4-9(15)5-12(13)20-3/h4-5H,18H2,1-3H3. The fourth-order valence-electron chi connectivity index (χ4n) is 2.18. The highest BCUT2D eigenvalue weighted by Crippen LogP contribution is 2.38. The average molecular weight is 415 g/mol. The summed E-state index contributed by atoms with van der Waals surface area (Å²) in [5, 5.41) is 9.26. The number of thioether (sulfide) groups is 1. The number of benzene rings is 1. The predicted octanol–water partition coefficient (Wildman–Crippen LogP) is 4.79. The molecule has 0 bridgehead atoms. The Bertz CT molecular complexity index is 729. The van der Waals surface area contributed by atoms with Crippen LogP contribution in [0.5, 0.6) is 0 Å². The highest BCUT2D eigenvalue weighted by molar-refractivity contribution is 9.11. The molecule has 104 valence electrons. The minimum atomic E-state index is 0.487. The van der Waals surface area contributed by atoms with Gasteiger partial charge in [0.15, 0.2) is 0 Å². The Kier molecular flexibility index (Phi) is 4.52. The number of hydrogen-bond donors (Lipinski definition) is 1. The van der Waals surface area contributed by atoms with Crippen LogP contribution in [-0.4, -0.2) is 10.8 Å². The molecule has 0 unspecified atom stereocenters. The van der Waals surface area contributed by atoms with Gasteiger partial charge in [-0.3, -0.25) is 4.57 Å². The van der Waals surface area contributed by atoms with Crippen LogP contribution in [0.1, 0.15) is 16.8 Å². The summed E-state index contributed by atoms with van der Waals surface area (Å²) in [6, 6.07) is 6.21. The third-order valence-electron chi connectivity index (χ3n) is 3.30. The zero-order valence-electron chi connectivity index (χ0n) is 11.3. The zero-order valence-corrected chi connectivity index (χ0v) is 15.3. The Morgan fingerprint density at radius 1 is 1.30 bits per heavy atom. The highest BCUT2D eigenvalue weighted by Gasteiger charge is 2.20. The average Bonchev–Trinajstić information content (AvgIpc) is 2.60. The van der Waals surface area contributed by atoms with E-state index in [1.807, 2.05) is 36.8 Å². The van der Waals surface area contributed by atoms with E-state index in [0.29, 0.717) is 11.4 Å². The smallest absolute Gasteiger partial charge is 0.126 e. The van der Waals surface area contributed by atoms with Gasteiger partial charge in [0.25, 0.3) is 0 Å². The van der Waals surface area contributed by atoms with E-state index >= 15 is 0 Å². The number of hydrogen-bond acceptors (Lipinski definition) is 3. The molecule has 3 nitrogen and oxygen atoms in total. The lowest BCUT2D eigenvalue weighted by Crippen LogP contribution is -2.05. The minimum Gasteiger partial charge on any atom is -0.384 e. The molecule has 0 radical (unpaired) electrons. The van der Waals surface area contributed by atoms with Gasteiger partial charge in [-0.2, -0.15) is 5.26 Å². The molecule has 0 aliphatic rings. The van der Waals surface area contributed by atoms with Crippen LogP contribution in [0.15, 0.2) is 26.0 Å². The number of nitrogens with two attached hydrogens (primary N) is 1. The van der Waals surface area contributed by atoms with E-state index < -0.39 is 0 Å². The van der Waals surface area contributed by atoms with E-state index in [4.69, 9.17) is 5.73 Å². The molecule has 0 aliphatic carbocycles. The number of rotatable bonds is 2. The van der Waals surface area contributed by atoms with E-state index in [1.54, 1.807) is 11.8 Å². The maximum atomic E-state index is 9.26. The summed E-state index contributed by atoms with van der Waals surface area (Å²) in [6.45, 7) is 3.90. The van der Waals surface area contributed by atoms with E-state index in [0.717, 1.165) is 30.8 Å². The van der Waals surface area contributed by atoms with Crippen LogP contribution in [0.2, 0.25) is 0 Å². The second kappa shape index (κ2) is 5.84. The van der Waals surface area contributed by atoms with Gasteiger partial charge in [-0.1, -0.05) is 15.9 Å². The van der Waals surface area contributed by atoms with Crippen molar-refractivity contribution in [1.29, 1.82) is 5.26 Å². The maximum Gasteiger partial charge on any atom is 0.126 e. The van der Waals surface area contributed by atoms with Gasteiger partial charge in [0.2, 0.25) is 0 Å². The van der Waals surface area contributed by atoms with Gasteiger partial charge in [0, 0.05) is 19.5 Å². The van der Waals surface area contributed by atoms with Crippen LogP contribution in [0.3, 0.4) is 0 Å². The number of nitriles is 1. The molecule has 0 saturated carbocycles. The van der Waals surface area contributed by atoms with Crippen LogP contribution in [0, 0.1) is 25.2 Å². The fourth-order valence-corrected chi connectivity index (χ4v) is 4.50. The predicted molar refractivity (Wildman–Crippen MR) is 91.6 cm³/mol. The van der Waals surface area contributed by atoms with E-state index in [9.17, 15) is 5.26 Å². The van der Waals surface area contributed by atoms with Crippen molar-refractivity contribution >= 4 is 49.4 Å².